The Balaban J connectivity index is 1.51. The number of nitrogens with zero attached hydrogens (tertiary/aromatic N) is 5. The molecule has 0 bridgehead atoms. The first kappa shape index (κ1) is 21.2. The highest BCUT2D eigenvalue weighted by molar-refractivity contribution is 5.82. The SMILES string of the molecule is O=C(O)CCCCc1nc2cc(N3CC(C4CC4)N=N3)ccc2c(=O)n1-c1ccc(F)cc1. The third-order valence-electron chi connectivity index (χ3n) is 6.18. The number of aryl methyl sites for hydroxylation is 1. The van der Waals surface area contributed by atoms with Gasteiger partial charge in [-0.05, 0) is 74.1 Å². The highest BCUT2D eigenvalue weighted by Gasteiger charge is 2.35. The summed E-state index contributed by atoms with van der Waals surface area (Å²) < 4.78 is 15.0. The van der Waals surface area contributed by atoms with Crippen molar-refractivity contribution in [1.29, 1.82) is 0 Å². The minimum atomic E-state index is -0.855. The quantitative estimate of drug-likeness (QED) is 0.517. The summed E-state index contributed by atoms with van der Waals surface area (Å²) in [4.78, 5) is 29.1. The van der Waals surface area contributed by atoms with Gasteiger partial charge in [0.15, 0.2) is 0 Å². The monoisotopic (exact) mass is 449 g/mol. The molecule has 2 heterocycles. The van der Waals surface area contributed by atoms with E-state index in [2.05, 4.69) is 10.3 Å². The fourth-order valence-corrected chi connectivity index (χ4v) is 4.22. The molecule has 1 saturated carbocycles. The molecule has 1 unspecified atom stereocenters. The third-order valence-corrected chi connectivity index (χ3v) is 6.18. The maximum atomic E-state index is 13.5. The van der Waals surface area contributed by atoms with Gasteiger partial charge >= 0.3 is 5.97 Å². The average molecular weight is 449 g/mol. The fraction of sp³-hybridized carbons (Fsp3) is 0.375. The van der Waals surface area contributed by atoms with Crippen LogP contribution in [0.5, 0.6) is 0 Å². The summed E-state index contributed by atoms with van der Waals surface area (Å²) in [5.74, 6) is -0.109. The number of fused-ring (bicyclic) bond motifs is 1. The molecular weight excluding hydrogens is 425 g/mol. The Hall–Kier alpha value is -3.62. The van der Waals surface area contributed by atoms with Gasteiger partial charge in [-0.1, -0.05) is 5.22 Å². The number of hydrogen-bond acceptors (Lipinski definition) is 6. The Kier molecular flexibility index (Phi) is 5.62. The van der Waals surface area contributed by atoms with Gasteiger partial charge in [-0.25, -0.2) is 14.4 Å². The van der Waals surface area contributed by atoms with E-state index in [4.69, 9.17) is 10.1 Å². The summed E-state index contributed by atoms with van der Waals surface area (Å²) in [5, 5.41) is 19.9. The van der Waals surface area contributed by atoms with Crippen molar-refractivity contribution < 1.29 is 14.3 Å². The van der Waals surface area contributed by atoms with E-state index in [1.165, 1.54) is 29.5 Å². The number of unbranched alkanes of at least 4 members (excludes halogenated alkanes) is 1. The van der Waals surface area contributed by atoms with Gasteiger partial charge in [0, 0.05) is 12.8 Å². The van der Waals surface area contributed by atoms with Gasteiger partial charge in [0.2, 0.25) is 0 Å². The third kappa shape index (κ3) is 4.48. The Morgan fingerprint density at radius 2 is 1.85 bits per heavy atom. The van der Waals surface area contributed by atoms with Crippen LogP contribution < -0.4 is 10.6 Å². The second kappa shape index (κ2) is 8.73. The van der Waals surface area contributed by atoms with Gasteiger partial charge in [0.25, 0.3) is 5.56 Å². The smallest absolute Gasteiger partial charge is 0.303 e. The minimum absolute atomic E-state index is 0.0562. The van der Waals surface area contributed by atoms with Crippen LogP contribution in [0.2, 0.25) is 0 Å². The zero-order valence-corrected chi connectivity index (χ0v) is 18.0. The number of carbonyl (C=O) groups is 1. The molecule has 0 spiro atoms. The van der Waals surface area contributed by atoms with Gasteiger partial charge in [-0.15, -0.1) is 0 Å². The van der Waals surface area contributed by atoms with Gasteiger partial charge in [0.05, 0.1) is 34.9 Å². The van der Waals surface area contributed by atoms with E-state index in [-0.39, 0.29) is 18.0 Å². The van der Waals surface area contributed by atoms with Crippen LogP contribution >= 0.6 is 0 Å². The van der Waals surface area contributed by atoms with Gasteiger partial charge in [-0.3, -0.25) is 14.2 Å². The van der Waals surface area contributed by atoms with Crippen molar-refractivity contribution in [2.75, 3.05) is 11.6 Å². The lowest BCUT2D eigenvalue weighted by Crippen LogP contribution is -2.25. The van der Waals surface area contributed by atoms with Crippen molar-refractivity contribution in [3.05, 3.63) is 64.5 Å². The molecule has 1 aliphatic heterocycles. The zero-order valence-electron chi connectivity index (χ0n) is 18.0. The van der Waals surface area contributed by atoms with Crippen molar-refractivity contribution in [2.24, 2.45) is 16.3 Å². The number of carboxylic acid groups (broad SMARTS) is 1. The summed E-state index contributed by atoms with van der Waals surface area (Å²) in [5.41, 5.74) is 1.66. The predicted octanol–water partition coefficient (Wildman–Crippen LogP) is 4.29. The lowest BCUT2D eigenvalue weighted by Gasteiger charge is -2.16. The van der Waals surface area contributed by atoms with Crippen LogP contribution in [0.15, 0.2) is 57.6 Å². The van der Waals surface area contributed by atoms with E-state index in [9.17, 15) is 14.0 Å². The van der Waals surface area contributed by atoms with Crippen molar-refractivity contribution in [2.45, 2.75) is 44.6 Å². The molecule has 9 heteroatoms. The summed E-state index contributed by atoms with van der Waals surface area (Å²) in [6.45, 7) is 0.727. The molecule has 1 atom stereocenters. The molecule has 8 nitrogen and oxygen atoms in total. The van der Waals surface area contributed by atoms with Crippen LogP contribution in [0.25, 0.3) is 16.6 Å². The molecule has 170 valence electrons. The first-order valence-electron chi connectivity index (χ1n) is 11.2. The minimum Gasteiger partial charge on any atom is -0.481 e. The molecule has 0 amide bonds. The predicted molar refractivity (Wildman–Crippen MR) is 121 cm³/mol. The molecule has 2 aromatic carbocycles. The van der Waals surface area contributed by atoms with Crippen LogP contribution in [-0.2, 0) is 11.2 Å². The summed E-state index contributed by atoms with van der Waals surface area (Å²) in [6, 6.07) is 11.4. The number of anilines is 1. The van der Waals surface area contributed by atoms with Crippen molar-refractivity contribution in [3.8, 4) is 5.69 Å². The van der Waals surface area contributed by atoms with Crippen LogP contribution in [0, 0.1) is 11.7 Å². The topological polar surface area (TPSA) is 100 Å². The van der Waals surface area contributed by atoms with Crippen LogP contribution in [0.1, 0.15) is 37.9 Å². The van der Waals surface area contributed by atoms with Gasteiger partial charge in [0.1, 0.15) is 11.6 Å². The average Bonchev–Trinajstić information content (AvgIpc) is 3.54. The first-order chi connectivity index (χ1) is 16.0. The first-order valence-corrected chi connectivity index (χ1v) is 11.2. The van der Waals surface area contributed by atoms with Gasteiger partial charge in [-0.2, -0.15) is 5.11 Å². The molecule has 1 fully saturated rings. The van der Waals surface area contributed by atoms with E-state index in [1.807, 2.05) is 17.1 Å². The number of benzene rings is 2. The van der Waals surface area contributed by atoms with Crippen molar-refractivity contribution >= 4 is 22.6 Å². The van der Waals surface area contributed by atoms with Crippen molar-refractivity contribution in [3.63, 3.8) is 0 Å². The molecule has 5 rings (SSSR count). The molecule has 33 heavy (non-hydrogen) atoms. The Bertz CT molecular complexity index is 1280. The van der Waals surface area contributed by atoms with Crippen molar-refractivity contribution in [1.82, 2.24) is 9.55 Å². The van der Waals surface area contributed by atoms with E-state index in [0.717, 1.165) is 12.2 Å². The lowest BCUT2D eigenvalue weighted by atomic mass is 10.1. The highest BCUT2D eigenvalue weighted by Crippen LogP contribution is 2.38. The summed E-state index contributed by atoms with van der Waals surface area (Å²) >= 11 is 0. The Morgan fingerprint density at radius 3 is 2.58 bits per heavy atom. The largest absolute Gasteiger partial charge is 0.481 e. The fourth-order valence-electron chi connectivity index (χ4n) is 4.22. The number of hydrogen-bond donors (Lipinski definition) is 1. The van der Waals surface area contributed by atoms with Crippen LogP contribution in [0.3, 0.4) is 0 Å². The Labute approximate surface area is 189 Å². The normalized spacial score (nSPS) is 17.7. The summed E-state index contributed by atoms with van der Waals surface area (Å²) in [7, 11) is 0. The van der Waals surface area contributed by atoms with Gasteiger partial charge < -0.3 is 5.11 Å². The lowest BCUT2D eigenvalue weighted by molar-refractivity contribution is -0.137. The number of carboxylic acids is 1. The second-order valence-corrected chi connectivity index (χ2v) is 8.64. The second-order valence-electron chi connectivity index (χ2n) is 8.64. The highest BCUT2D eigenvalue weighted by atomic mass is 19.1. The molecule has 1 aromatic heterocycles. The summed E-state index contributed by atoms with van der Waals surface area (Å²) in [6.07, 6.45) is 3.92. The van der Waals surface area contributed by atoms with E-state index < -0.39 is 11.8 Å². The molecule has 3 aromatic rings. The zero-order chi connectivity index (χ0) is 22.9. The maximum absolute atomic E-state index is 13.5. The molecule has 0 radical (unpaired) electrons. The van der Waals surface area contributed by atoms with Crippen LogP contribution in [-0.4, -0.2) is 33.2 Å². The number of aromatic nitrogens is 2. The molecule has 2 aliphatic rings. The van der Waals surface area contributed by atoms with E-state index in [0.29, 0.717) is 47.6 Å². The van der Waals surface area contributed by atoms with E-state index >= 15 is 0 Å². The number of aliphatic carboxylic acids is 1. The van der Waals surface area contributed by atoms with Crippen LogP contribution in [0.4, 0.5) is 10.1 Å². The number of halogens is 1. The Morgan fingerprint density at radius 1 is 1.09 bits per heavy atom. The molecule has 0 saturated heterocycles. The maximum Gasteiger partial charge on any atom is 0.303 e. The standard InChI is InChI=1S/C24H24FN5O3/c25-16-7-9-17(10-8-16)30-22(3-1-2-4-23(31)32)26-20-13-18(11-12-19(20)24(30)33)29-14-21(27-28-29)15-5-6-15/h7-13,15,21H,1-6,14H2,(H,31,32). The number of rotatable bonds is 8. The molecule has 1 aliphatic carbocycles. The molecule has 1 N–H and O–H groups in total. The van der Waals surface area contributed by atoms with E-state index in [1.54, 1.807) is 18.2 Å². The molecular formula is C24H24FN5O3.